The molecule has 1 aliphatic heterocycles. The van der Waals surface area contributed by atoms with Crippen LogP contribution in [0.3, 0.4) is 0 Å². The van der Waals surface area contributed by atoms with Crippen molar-refractivity contribution in [2.45, 2.75) is 6.04 Å². The van der Waals surface area contributed by atoms with Crippen molar-refractivity contribution in [2.75, 3.05) is 26.8 Å². The second kappa shape index (κ2) is 5.78. The van der Waals surface area contributed by atoms with E-state index in [1.54, 1.807) is 7.11 Å². The molecule has 1 heterocycles. The molecule has 6 heteroatoms. The lowest BCUT2D eigenvalue weighted by Gasteiger charge is -2.27. The molecule has 2 rings (SSSR count). The minimum atomic E-state index is -0.0126. The van der Waals surface area contributed by atoms with E-state index in [2.05, 4.69) is 4.99 Å². The summed E-state index contributed by atoms with van der Waals surface area (Å²) < 4.78 is 5.08. The standard InChI is InChI=1S/C12H15Cl2N3O/c1-18-6-5-17-10(7-16-12(17)15)11-8(13)3-2-4-9(11)14/h2-4,10H,5-7H2,1H3,(H2,15,16). The number of rotatable bonds is 4. The zero-order valence-corrected chi connectivity index (χ0v) is 11.6. The van der Waals surface area contributed by atoms with Gasteiger partial charge in [0.25, 0.3) is 0 Å². The van der Waals surface area contributed by atoms with Crippen LogP contribution in [0.1, 0.15) is 11.6 Å². The fourth-order valence-electron chi connectivity index (χ4n) is 2.07. The summed E-state index contributed by atoms with van der Waals surface area (Å²) in [5.41, 5.74) is 6.76. The van der Waals surface area contributed by atoms with Crippen LogP contribution in [0.25, 0.3) is 0 Å². The number of hydrogen-bond acceptors (Lipinski definition) is 4. The fraction of sp³-hybridized carbons (Fsp3) is 0.417. The van der Waals surface area contributed by atoms with Crippen molar-refractivity contribution in [3.8, 4) is 0 Å². The molecule has 98 valence electrons. The van der Waals surface area contributed by atoms with Gasteiger partial charge in [-0.2, -0.15) is 0 Å². The Morgan fingerprint density at radius 2 is 2.11 bits per heavy atom. The summed E-state index contributed by atoms with van der Waals surface area (Å²) >= 11 is 12.4. The summed E-state index contributed by atoms with van der Waals surface area (Å²) in [6, 6.07) is 5.46. The molecule has 1 atom stereocenters. The lowest BCUT2D eigenvalue weighted by molar-refractivity contribution is 0.166. The van der Waals surface area contributed by atoms with Crippen LogP contribution in [0, 0.1) is 0 Å². The van der Waals surface area contributed by atoms with Crippen molar-refractivity contribution in [1.29, 1.82) is 0 Å². The van der Waals surface area contributed by atoms with Crippen molar-refractivity contribution < 1.29 is 4.74 Å². The number of hydrogen-bond donors (Lipinski definition) is 1. The summed E-state index contributed by atoms with van der Waals surface area (Å²) in [7, 11) is 1.65. The predicted molar refractivity (Wildman–Crippen MR) is 74.3 cm³/mol. The summed E-state index contributed by atoms with van der Waals surface area (Å²) in [4.78, 5) is 6.23. The van der Waals surface area contributed by atoms with E-state index in [4.69, 9.17) is 33.7 Å². The Kier molecular flexibility index (Phi) is 4.32. The van der Waals surface area contributed by atoms with Gasteiger partial charge in [-0.05, 0) is 12.1 Å². The Morgan fingerprint density at radius 3 is 2.72 bits per heavy atom. The molecule has 1 aromatic carbocycles. The minimum absolute atomic E-state index is 0.0126. The molecular formula is C12H15Cl2N3O. The van der Waals surface area contributed by atoms with E-state index in [1.807, 2.05) is 23.1 Å². The second-order valence-corrected chi connectivity index (χ2v) is 4.85. The number of nitrogens with two attached hydrogens (primary N) is 1. The van der Waals surface area contributed by atoms with E-state index in [0.717, 1.165) is 5.56 Å². The van der Waals surface area contributed by atoms with Crippen LogP contribution < -0.4 is 5.73 Å². The van der Waals surface area contributed by atoms with Crippen LogP contribution in [0.15, 0.2) is 23.2 Å². The van der Waals surface area contributed by atoms with Gasteiger partial charge in [-0.15, -0.1) is 0 Å². The highest BCUT2D eigenvalue weighted by Crippen LogP contribution is 2.35. The van der Waals surface area contributed by atoms with Crippen molar-refractivity contribution in [1.82, 2.24) is 4.90 Å². The first-order valence-corrected chi connectivity index (χ1v) is 6.40. The van der Waals surface area contributed by atoms with Crippen LogP contribution >= 0.6 is 23.2 Å². The summed E-state index contributed by atoms with van der Waals surface area (Å²) in [5, 5.41) is 1.28. The molecule has 1 unspecified atom stereocenters. The summed E-state index contributed by atoms with van der Waals surface area (Å²) in [6.07, 6.45) is 0. The zero-order chi connectivity index (χ0) is 13.1. The van der Waals surface area contributed by atoms with Gasteiger partial charge < -0.3 is 15.4 Å². The van der Waals surface area contributed by atoms with E-state index in [9.17, 15) is 0 Å². The third-order valence-corrected chi connectivity index (χ3v) is 3.63. The third-order valence-electron chi connectivity index (χ3n) is 2.97. The lowest BCUT2D eigenvalue weighted by atomic mass is 10.1. The monoisotopic (exact) mass is 287 g/mol. The Bertz CT molecular complexity index is 444. The molecule has 1 aromatic rings. The quantitative estimate of drug-likeness (QED) is 0.925. The normalized spacial score (nSPS) is 19.2. The number of guanidine groups is 1. The van der Waals surface area contributed by atoms with E-state index in [-0.39, 0.29) is 6.04 Å². The number of benzene rings is 1. The average Bonchev–Trinajstić information content (AvgIpc) is 2.68. The van der Waals surface area contributed by atoms with E-state index in [0.29, 0.717) is 35.7 Å². The van der Waals surface area contributed by atoms with E-state index in [1.165, 1.54) is 0 Å². The fourth-order valence-corrected chi connectivity index (χ4v) is 2.71. The number of methoxy groups -OCH3 is 1. The van der Waals surface area contributed by atoms with Gasteiger partial charge in [-0.1, -0.05) is 29.3 Å². The largest absolute Gasteiger partial charge is 0.383 e. The first-order chi connectivity index (χ1) is 8.65. The highest BCUT2D eigenvalue weighted by molar-refractivity contribution is 6.36. The molecule has 1 aliphatic rings. The molecule has 4 nitrogen and oxygen atoms in total. The maximum Gasteiger partial charge on any atom is 0.192 e. The Labute approximate surface area is 116 Å². The Balaban J connectivity index is 2.27. The Hall–Kier alpha value is -0.970. The highest BCUT2D eigenvalue weighted by atomic mass is 35.5. The van der Waals surface area contributed by atoms with Crippen molar-refractivity contribution in [3.63, 3.8) is 0 Å². The smallest absolute Gasteiger partial charge is 0.192 e. The van der Waals surface area contributed by atoms with Crippen LogP contribution in [-0.2, 0) is 4.74 Å². The van der Waals surface area contributed by atoms with Crippen molar-refractivity contribution in [3.05, 3.63) is 33.8 Å². The molecule has 2 N–H and O–H groups in total. The predicted octanol–water partition coefficient (Wildman–Crippen LogP) is 2.31. The maximum absolute atomic E-state index is 6.22. The molecule has 0 saturated heterocycles. The number of ether oxygens (including phenoxy) is 1. The van der Waals surface area contributed by atoms with Gasteiger partial charge in [0, 0.05) is 29.3 Å². The Morgan fingerprint density at radius 1 is 1.44 bits per heavy atom. The van der Waals surface area contributed by atoms with Gasteiger partial charge in [-0.3, -0.25) is 4.99 Å². The molecule has 0 saturated carbocycles. The minimum Gasteiger partial charge on any atom is -0.383 e. The number of aliphatic imine (C=N–C) groups is 1. The SMILES string of the molecule is COCCN1C(N)=NCC1c1c(Cl)cccc1Cl. The molecule has 0 radical (unpaired) electrons. The van der Waals surface area contributed by atoms with Crippen LogP contribution in [0.5, 0.6) is 0 Å². The highest BCUT2D eigenvalue weighted by Gasteiger charge is 2.30. The second-order valence-electron chi connectivity index (χ2n) is 4.04. The first-order valence-electron chi connectivity index (χ1n) is 5.64. The van der Waals surface area contributed by atoms with Crippen LogP contribution in [0.2, 0.25) is 10.0 Å². The van der Waals surface area contributed by atoms with E-state index >= 15 is 0 Å². The molecule has 0 fully saturated rings. The molecule has 18 heavy (non-hydrogen) atoms. The van der Waals surface area contributed by atoms with Gasteiger partial charge in [-0.25, -0.2) is 0 Å². The van der Waals surface area contributed by atoms with Gasteiger partial charge in [0.05, 0.1) is 19.2 Å². The van der Waals surface area contributed by atoms with Crippen molar-refractivity contribution in [2.24, 2.45) is 10.7 Å². The molecular weight excluding hydrogens is 273 g/mol. The summed E-state index contributed by atoms with van der Waals surface area (Å²) in [6.45, 7) is 1.81. The van der Waals surface area contributed by atoms with Gasteiger partial charge in [0.15, 0.2) is 5.96 Å². The molecule has 0 aliphatic carbocycles. The average molecular weight is 288 g/mol. The summed E-state index contributed by atoms with van der Waals surface area (Å²) in [5.74, 6) is 0.507. The van der Waals surface area contributed by atoms with Crippen LogP contribution in [0.4, 0.5) is 0 Å². The molecule has 0 aromatic heterocycles. The van der Waals surface area contributed by atoms with Crippen molar-refractivity contribution >= 4 is 29.2 Å². The van der Waals surface area contributed by atoms with Gasteiger partial charge in [0.2, 0.25) is 0 Å². The number of halogens is 2. The maximum atomic E-state index is 6.22. The first kappa shape index (κ1) is 13.5. The molecule has 0 bridgehead atoms. The molecule has 0 amide bonds. The number of nitrogens with zero attached hydrogens (tertiary/aromatic N) is 2. The van der Waals surface area contributed by atoms with E-state index < -0.39 is 0 Å². The third kappa shape index (κ3) is 2.55. The van der Waals surface area contributed by atoms with Crippen LogP contribution in [-0.4, -0.2) is 37.7 Å². The van der Waals surface area contributed by atoms with Gasteiger partial charge >= 0.3 is 0 Å². The topological polar surface area (TPSA) is 50.9 Å². The molecule has 0 spiro atoms. The van der Waals surface area contributed by atoms with Gasteiger partial charge in [0.1, 0.15) is 0 Å². The zero-order valence-electron chi connectivity index (χ0n) is 10.1. The lowest BCUT2D eigenvalue weighted by Crippen LogP contribution is -2.38.